The normalized spacial score (nSPS) is 10.7. The average Bonchev–Trinajstić information content (AvgIpc) is 2.53. The molecule has 2 aromatic rings. The van der Waals surface area contributed by atoms with Gasteiger partial charge in [0.15, 0.2) is 11.6 Å². The van der Waals surface area contributed by atoms with Crippen LogP contribution in [0.15, 0.2) is 53.5 Å². The number of rotatable bonds is 4. The number of nitrogens with zero attached hydrogens (tertiary/aromatic N) is 2. The maximum Gasteiger partial charge on any atom is 0.196 e. The van der Waals surface area contributed by atoms with Gasteiger partial charge in [-0.2, -0.15) is 5.26 Å². The van der Waals surface area contributed by atoms with Crippen LogP contribution in [0.4, 0.5) is 11.4 Å². The Morgan fingerprint density at radius 2 is 1.86 bits per heavy atom. The van der Waals surface area contributed by atoms with Gasteiger partial charge in [0.2, 0.25) is 0 Å². The number of Topliss-reactive ketones (excluding diaryl/α,β-unsaturated/α-hetero) is 1. The van der Waals surface area contributed by atoms with Crippen molar-refractivity contribution in [2.75, 3.05) is 5.43 Å². The first-order valence-electron chi connectivity index (χ1n) is 6.46. The van der Waals surface area contributed by atoms with Crippen molar-refractivity contribution in [2.45, 2.75) is 6.92 Å². The molecule has 0 fully saturated rings. The Morgan fingerprint density at radius 1 is 1.18 bits per heavy atom. The van der Waals surface area contributed by atoms with Crippen LogP contribution < -0.4 is 10.9 Å². The largest absolute Gasteiger partial charge is 0.298 e. The molecule has 0 saturated carbocycles. The number of benzene rings is 2. The number of anilines is 1. The van der Waals surface area contributed by atoms with Crippen molar-refractivity contribution < 1.29 is 4.79 Å². The summed E-state index contributed by atoms with van der Waals surface area (Å²) in [7, 11) is 0. The van der Waals surface area contributed by atoms with Crippen molar-refractivity contribution in [1.29, 1.82) is 5.26 Å². The fourth-order valence-electron chi connectivity index (χ4n) is 1.66. The van der Waals surface area contributed by atoms with Crippen LogP contribution in [0, 0.1) is 11.3 Å². The molecule has 0 amide bonds. The van der Waals surface area contributed by atoms with Crippen LogP contribution in [0.5, 0.6) is 0 Å². The van der Waals surface area contributed by atoms with E-state index in [4.69, 9.17) is 16.9 Å². The predicted molar refractivity (Wildman–Crippen MR) is 87.1 cm³/mol. The summed E-state index contributed by atoms with van der Waals surface area (Å²) < 4.78 is 0. The lowest BCUT2D eigenvalue weighted by Crippen LogP contribution is -2.34. The highest BCUT2D eigenvalue weighted by Crippen LogP contribution is 2.16. The molecule has 6 heteroatoms. The first-order valence-corrected chi connectivity index (χ1v) is 6.84. The van der Waals surface area contributed by atoms with Crippen LogP contribution in [-0.2, 0) is 4.79 Å². The second kappa shape index (κ2) is 7.25. The van der Waals surface area contributed by atoms with Gasteiger partial charge in [0, 0.05) is 11.9 Å². The number of carbonyl (C=O) groups is 1. The van der Waals surface area contributed by atoms with Gasteiger partial charge in [-0.3, -0.25) is 15.6 Å². The van der Waals surface area contributed by atoms with Crippen LogP contribution >= 0.6 is 11.6 Å². The van der Waals surface area contributed by atoms with E-state index in [0.717, 1.165) is 0 Å². The van der Waals surface area contributed by atoms with Crippen molar-refractivity contribution in [2.24, 2.45) is 4.99 Å². The number of para-hydroxylation sites is 1. The lowest BCUT2D eigenvalue weighted by molar-refractivity contribution is -0.111. The SMILES string of the molecule is CC(=O)C(=Nc1ccc(Cl)cc1)NNc1ccccc1C#N. The molecule has 0 radical (unpaired) electrons. The van der Waals surface area contributed by atoms with E-state index in [1.165, 1.54) is 6.92 Å². The molecule has 0 saturated heterocycles. The number of carbonyl (C=O) groups excluding carboxylic acids is 1. The number of hydrogen-bond donors (Lipinski definition) is 2. The smallest absolute Gasteiger partial charge is 0.196 e. The van der Waals surface area contributed by atoms with Gasteiger partial charge in [-0.25, -0.2) is 4.99 Å². The van der Waals surface area contributed by atoms with Gasteiger partial charge in [0.05, 0.1) is 16.9 Å². The molecule has 2 rings (SSSR count). The molecule has 2 N–H and O–H groups in total. The number of hydrogen-bond acceptors (Lipinski definition) is 4. The first kappa shape index (κ1) is 15.5. The summed E-state index contributed by atoms with van der Waals surface area (Å²) in [6, 6.07) is 15.8. The molecule has 5 nitrogen and oxygen atoms in total. The molecule has 0 aliphatic heterocycles. The molecular formula is C16H13ClN4O. The summed E-state index contributed by atoms with van der Waals surface area (Å²) in [5.74, 6) is -0.105. The number of aliphatic imine (C=N–C) groups is 1. The molecule has 2 aromatic carbocycles. The highest BCUT2D eigenvalue weighted by atomic mass is 35.5. The third-order valence-corrected chi connectivity index (χ3v) is 3.02. The minimum atomic E-state index is -0.239. The summed E-state index contributed by atoms with van der Waals surface area (Å²) >= 11 is 5.81. The van der Waals surface area contributed by atoms with E-state index in [-0.39, 0.29) is 11.6 Å². The van der Waals surface area contributed by atoms with Gasteiger partial charge in [-0.1, -0.05) is 23.7 Å². The van der Waals surface area contributed by atoms with Crippen LogP contribution in [-0.4, -0.2) is 11.6 Å². The summed E-state index contributed by atoms with van der Waals surface area (Å²) in [5, 5.41) is 9.62. The quantitative estimate of drug-likeness (QED) is 0.515. The molecule has 0 bridgehead atoms. The van der Waals surface area contributed by atoms with Crippen LogP contribution in [0.2, 0.25) is 5.02 Å². The van der Waals surface area contributed by atoms with E-state index < -0.39 is 0 Å². The Bertz CT molecular complexity index is 747. The lowest BCUT2D eigenvalue weighted by atomic mass is 10.2. The lowest BCUT2D eigenvalue weighted by Gasteiger charge is -2.11. The second-order valence-corrected chi connectivity index (χ2v) is 4.84. The average molecular weight is 313 g/mol. The van der Waals surface area contributed by atoms with E-state index in [1.807, 2.05) is 0 Å². The number of ketones is 1. The van der Waals surface area contributed by atoms with Crippen molar-refractivity contribution in [3.05, 3.63) is 59.1 Å². The third-order valence-electron chi connectivity index (χ3n) is 2.76. The minimum absolute atomic E-state index is 0.134. The van der Waals surface area contributed by atoms with Crippen LogP contribution in [0.3, 0.4) is 0 Å². The number of nitrogens with one attached hydrogen (secondary N) is 2. The zero-order valence-electron chi connectivity index (χ0n) is 11.8. The summed E-state index contributed by atoms with van der Waals surface area (Å²) in [5.41, 5.74) is 7.19. The zero-order valence-corrected chi connectivity index (χ0v) is 12.6. The highest BCUT2D eigenvalue weighted by Gasteiger charge is 2.07. The molecule has 22 heavy (non-hydrogen) atoms. The zero-order chi connectivity index (χ0) is 15.9. The molecule has 0 heterocycles. The maximum absolute atomic E-state index is 11.7. The molecular weight excluding hydrogens is 300 g/mol. The Morgan fingerprint density at radius 3 is 2.50 bits per heavy atom. The van der Waals surface area contributed by atoms with Crippen molar-refractivity contribution >= 4 is 34.6 Å². The number of nitriles is 1. The highest BCUT2D eigenvalue weighted by molar-refractivity contribution is 6.38. The van der Waals surface area contributed by atoms with Crippen molar-refractivity contribution in [3.8, 4) is 6.07 Å². The first-order chi connectivity index (χ1) is 10.6. The molecule has 0 aliphatic carbocycles. The Kier molecular flexibility index (Phi) is 5.12. The van der Waals surface area contributed by atoms with E-state index >= 15 is 0 Å². The van der Waals surface area contributed by atoms with Crippen LogP contribution in [0.1, 0.15) is 12.5 Å². The molecule has 0 unspecified atom stereocenters. The standard InChI is InChI=1S/C16H13ClN4O/c1-11(22)16(19-14-8-6-13(17)7-9-14)21-20-15-5-3-2-4-12(15)10-18/h2-9,20H,1H3,(H,19,21). The van der Waals surface area contributed by atoms with E-state index in [1.54, 1.807) is 48.5 Å². The van der Waals surface area contributed by atoms with Crippen molar-refractivity contribution in [1.82, 2.24) is 5.43 Å². The maximum atomic E-state index is 11.7. The summed E-state index contributed by atoms with van der Waals surface area (Å²) in [6.07, 6.45) is 0. The summed E-state index contributed by atoms with van der Waals surface area (Å²) in [6.45, 7) is 1.40. The van der Waals surface area contributed by atoms with Gasteiger partial charge in [-0.15, -0.1) is 0 Å². The molecule has 110 valence electrons. The van der Waals surface area contributed by atoms with E-state index in [0.29, 0.717) is 22.0 Å². The molecule has 0 spiro atoms. The fourth-order valence-corrected chi connectivity index (χ4v) is 1.78. The Hall–Kier alpha value is -2.84. The van der Waals surface area contributed by atoms with Gasteiger partial charge in [0.25, 0.3) is 0 Å². The third kappa shape index (κ3) is 4.08. The van der Waals surface area contributed by atoms with E-state index in [9.17, 15) is 4.79 Å². The monoisotopic (exact) mass is 312 g/mol. The predicted octanol–water partition coefficient (Wildman–Crippen LogP) is 3.45. The topological polar surface area (TPSA) is 77.3 Å². The van der Waals surface area contributed by atoms with Crippen molar-refractivity contribution in [3.63, 3.8) is 0 Å². The Balaban J connectivity index is 2.18. The van der Waals surface area contributed by atoms with Gasteiger partial charge in [0.1, 0.15) is 6.07 Å². The molecule has 0 aliphatic rings. The number of hydrazine groups is 1. The van der Waals surface area contributed by atoms with Crippen LogP contribution in [0.25, 0.3) is 0 Å². The molecule has 0 aromatic heterocycles. The van der Waals surface area contributed by atoms with Gasteiger partial charge in [-0.05, 0) is 36.4 Å². The number of halogens is 1. The Labute approximate surface area is 133 Å². The molecule has 0 atom stereocenters. The summed E-state index contributed by atoms with van der Waals surface area (Å²) in [4.78, 5) is 15.9. The van der Waals surface area contributed by atoms with Gasteiger partial charge >= 0.3 is 0 Å². The minimum Gasteiger partial charge on any atom is -0.298 e. The number of amidine groups is 1. The fraction of sp³-hybridized carbons (Fsp3) is 0.0625. The van der Waals surface area contributed by atoms with Gasteiger partial charge < -0.3 is 0 Å². The second-order valence-electron chi connectivity index (χ2n) is 4.40. The van der Waals surface area contributed by atoms with E-state index in [2.05, 4.69) is 21.9 Å².